The van der Waals surface area contributed by atoms with Gasteiger partial charge in [0, 0.05) is 12.8 Å². The van der Waals surface area contributed by atoms with E-state index in [1.54, 1.807) is 0 Å². The Hall–Kier alpha value is -1.39. The van der Waals surface area contributed by atoms with Crippen molar-refractivity contribution in [3.63, 3.8) is 0 Å². The third-order valence-electron chi connectivity index (χ3n) is 6.32. The molecule has 0 rings (SSSR count). The van der Waals surface area contributed by atoms with Gasteiger partial charge >= 0.3 is 11.9 Å². The Balaban J connectivity index is 3.58. The fraction of sp³-hybridized carbons (Fsp3) is 0.893. The first-order chi connectivity index (χ1) is 16.1. The molecule has 0 spiro atoms. The minimum Gasteiger partial charge on any atom is -0.479 e. The van der Waals surface area contributed by atoms with E-state index in [2.05, 4.69) is 6.92 Å². The largest absolute Gasteiger partial charge is 0.479 e. The van der Waals surface area contributed by atoms with Crippen LogP contribution in [-0.4, -0.2) is 29.4 Å². The molecule has 1 unspecified atom stereocenters. The molecule has 5 heteroatoms. The zero-order chi connectivity index (χ0) is 24.4. The number of carbonyl (C=O) groups is 3. The molecule has 0 radical (unpaired) electrons. The van der Waals surface area contributed by atoms with E-state index in [9.17, 15) is 19.5 Å². The van der Waals surface area contributed by atoms with Crippen LogP contribution in [0.1, 0.15) is 155 Å². The molecule has 5 nitrogen and oxygen atoms in total. The zero-order valence-electron chi connectivity index (χ0n) is 21.5. The van der Waals surface area contributed by atoms with Crippen LogP contribution >= 0.6 is 0 Å². The van der Waals surface area contributed by atoms with Gasteiger partial charge in [0.1, 0.15) is 6.29 Å². The van der Waals surface area contributed by atoms with Gasteiger partial charge in [0.25, 0.3) is 0 Å². The molecule has 0 aliphatic carbocycles. The molecular formula is C28H52O5. The summed E-state index contributed by atoms with van der Waals surface area (Å²) in [7, 11) is 0. The van der Waals surface area contributed by atoms with E-state index < -0.39 is 18.0 Å². The van der Waals surface area contributed by atoms with Gasteiger partial charge in [-0.05, 0) is 25.7 Å². The number of carbonyl (C=O) groups excluding carboxylic acids is 2. The SMILES string of the molecule is CCCCCCCCCCCCCCCCC(OC(=O)CCCCCCCCC=O)C(=O)O. The monoisotopic (exact) mass is 468 g/mol. The van der Waals surface area contributed by atoms with Crippen LogP contribution in [0.25, 0.3) is 0 Å². The highest BCUT2D eigenvalue weighted by Gasteiger charge is 2.21. The summed E-state index contributed by atoms with van der Waals surface area (Å²) in [4.78, 5) is 33.6. The highest BCUT2D eigenvalue weighted by molar-refractivity contribution is 5.77. The van der Waals surface area contributed by atoms with Gasteiger partial charge in [0.2, 0.25) is 0 Å². The molecule has 0 fully saturated rings. The quantitative estimate of drug-likeness (QED) is 0.0786. The molecule has 0 saturated carbocycles. The topological polar surface area (TPSA) is 80.7 Å². The molecule has 0 aromatic heterocycles. The number of hydrogen-bond acceptors (Lipinski definition) is 4. The van der Waals surface area contributed by atoms with Crippen molar-refractivity contribution in [3.05, 3.63) is 0 Å². The number of ether oxygens (including phenoxy) is 1. The molecular weight excluding hydrogens is 416 g/mol. The molecule has 1 N–H and O–H groups in total. The Morgan fingerprint density at radius 1 is 0.667 bits per heavy atom. The number of aldehydes is 1. The summed E-state index contributed by atoms with van der Waals surface area (Å²) in [5.74, 6) is -1.43. The maximum atomic E-state index is 12.0. The number of aliphatic carboxylic acids is 1. The maximum Gasteiger partial charge on any atom is 0.345 e. The summed E-state index contributed by atoms with van der Waals surface area (Å²) in [6.45, 7) is 2.26. The summed E-state index contributed by atoms with van der Waals surface area (Å²) in [5.41, 5.74) is 0. The molecule has 0 aromatic carbocycles. The molecule has 1 atom stereocenters. The normalized spacial score (nSPS) is 11.9. The first kappa shape index (κ1) is 31.6. The van der Waals surface area contributed by atoms with E-state index in [0.717, 1.165) is 64.1 Å². The van der Waals surface area contributed by atoms with Gasteiger partial charge in [-0.25, -0.2) is 4.79 Å². The number of rotatable bonds is 26. The van der Waals surface area contributed by atoms with Crippen molar-refractivity contribution >= 4 is 18.2 Å². The molecule has 0 aliphatic heterocycles. The van der Waals surface area contributed by atoms with Gasteiger partial charge in [0.15, 0.2) is 6.10 Å². The van der Waals surface area contributed by atoms with E-state index in [-0.39, 0.29) is 6.42 Å². The van der Waals surface area contributed by atoms with Gasteiger partial charge in [-0.2, -0.15) is 0 Å². The van der Waals surface area contributed by atoms with Gasteiger partial charge < -0.3 is 14.6 Å². The average Bonchev–Trinajstić information content (AvgIpc) is 2.80. The summed E-state index contributed by atoms with van der Waals surface area (Å²) < 4.78 is 5.21. The fourth-order valence-electron chi connectivity index (χ4n) is 4.18. The molecule has 0 heterocycles. The van der Waals surface area contributed by atoms with Crippen LogP contribution in [0.2, 0.25) is 0 Å². The van der Waals surface area contributed by atoms with Crippen molar-refractivity contribution in [2.45, 2.75) is 161 Å². The van der Waals surface area contributed by atoms with Gasteiger partial charge in [-0.3, -0.25) is 4.79 Å². The Labute approximate surface area is 203 Å². The second-order valence-electron chi connectivity index (χ2n) is 9.53. The highest BCUT2D eigenvalue weighted by Crippen LogP contribution is 2.15. The zero-order valence-corrected chi connectivity index (χ0v) is 21.5. The molecule has 0 bridgehead atoms. The summed E-state index contributed by atoms with van der Waals surface area (Å²) in [5, 5.41) is 9.34. The van der Waals surface area contributed by atoms with Crippen LogP contribution in [0.3, 0.4) is 0 Å². The third kappa shape index (κ3) is 23.6. The van der Waals surface area contributed by atoms with E-state index in [1.165, 1.54) is 70.6 Å². The first-order valence-corrected chi connectivity index (χ1v) is 14.0. The van der Waals surface area contributed by atoms with Gasteiger partial charge in [-0.1, -0.05) is 116 Å². The first-order valence-electron chi connectivity index (χ1n) is 14.0. The molecule has 0 aromatic rings. The van der Waals surface area contributed by atoms with Crippen molar-refractivity contribution in [2.24, 2.45) is 0 Å². The lowest BCUT2D eigenvalue weighted by molar-refractivity contribution is -0.164. The van der Waals surface area contributed by atoms with Crippen LogP contribution < -0.4 is 0 Å². The van der Waals surface area contributed by atoms with Crippen molar-refractivity contribution in [3.8, 4) is 0 Å². The van der Waals surface area contributed by atoms with Crippen LogP contribution in [0.15, 0.2) is 0 Å². The summed E-state index contributed by atoms with van der Waals surface area (Å²) in [6.07, 6.45) is 24.7. The van der Waals surface area contributed by atoms with E-state index >= 15 is 0 Å². The standard InChI is InChI=1S/C28H52O5/c1-2-3-4-5-6-7-8-9-10-11-12-14-17-20-23-26(28(31)32)33-27(30)24-21-18-15-13-16-19-22-25-29/h25-26H,2-24H2,1H3,(H,31,32). The summed E-state index contributed by atoms with van der Waals surface area (Å²) in [6, 6.07) is 0. The van der Waals surface area contributed by atoms with Crippen molar-refractivity contribution in [2.75, 3.05) is 0 Å². The van der Waals surface area contributed by atoms with Crippen molar-refractivity contribution < 1.29 is 24.2 Å². The van der Waals surface area contributed by atoms with Crippen molar-refractivity contribution in [1.82, 2.24) is 0 Å². The Morgan fingerprint density at radius 2 is 1.09 bits per heavy atom. The van der Waals surface area contributed by atoms with Crippen molar-refractivity contribution in [1.29, 1.82) is 0 Å². The molecule has 33 heavy (non-hydrogen) atoms. The Morgan fingerprint density at radius 3 is 1.55 bits per heavy atom. The lowest BCUT2D eigenvalue weighted by Gasteiger charge is -2.13. The predicted molar refractivity (Wildman–Crippen MR) is 135 cm³/mol. The third-order valence-corrected chi connectivity index (χ3v) is 6.32. The Bertz CT molecular complexity index is 463. The minimum absolute atomic E-state index is 0.289. The minimum atomic E-state index is -1.03. The average molecular weight is 469 g/mol. The molecule has 0 saturated heterocycles. The number of esters is 1. The molecule has 0 amide bonds. The van der Waals surface area contributed by atoms with Crippen LogP contribution in [0, 0.1) is 0 Å². The van der Waals surface area contributed by atoms with Gasteiger partial charge in [0.05, 0.1) is 0 Å². The lowest BCUT2D eigenvalue weighted by atomic mass is 10.0. The maximum absolute atomic E-state index is 12.0. The van der Waals surface area contributed by atoms with Crippen LogP contribution in [-0.2, 0) is 19.1 Å². The predicted octanol–water partition coefficient (Wildman–Crippen LogP) is 8.17. The molecule has 194 valence electrons. The molecule has 0 aliphatic rings. The van der Waals surface area contributed by atoms with Crippen LogP contribution in [0.4, 0.5) is 0 Å². The fourth-order valence-corrected chi connectivity index (χ4v) is 4.18. The van der Waals surface area contributed by atoms with E-state index in [1.807, 2.05) is 0 Å². The summed E-state index contributed by atoms with van der Waals surface area (Å²) >= 11 is 0. The van der Waals surface area contributed by atoms with Gasteiger partial charge in [-0.15, -0.1) is 0 Å². The lowest BCUT2D eigenvalue weighted by Crippen LogP contribution is -2.27. The van der Waals surface area contributed by atoms with Crippen LogP contribution in [0.5, 0.6) is 0 Å². The highest BCUT2D eigenvalue weighted by atomic mass is 16.6. The number of hydrogen-bond donors (Lipinski definition) is 1. The Kier molecular flexibility index (Phi) is 24.2. The number of unbranched alkanes of at least 4 members (excludes halogenated alkanes) is 19. The number of carboxylic acids is 1. The second kappa shape index (κ2) is 25.2. The second-order valence-corrected chi connectivity index (χ2v) is 9.53. The number of carboxylic acid groups (broad SMARTS) is 1. The van der Waals surface area contributed by atoms with E-state index in [4.69, 9.17) is 4.74 Å². The smallest absolute Gasteiger partial charge is 0.345 e. The van der Waals surface area contributed by atoms with E-state index in [0.29, 0.717) is 12.8 Å².